The standard InChI is InChI=1S/C17H18ClFN2O3S/c1-20(11-13-14(18)8-6-9-15(13)19)17(22)12-7-4-5-10-16(12)21(2)25(3,23)24/h4-10H,11H2,1-3H3. The molecule has 0 aliphatic rings. The molecule has 25 heavy (non-hydrogen) atoms. The quantitative estimate of drug-likeness (QED) is 0.795. The third-order valence-corrected chi connectivity index (χ3v) is 5.32. The molecule has 1 amide bonds. The fourth-order valence-electron chi connectivity index (χ4n) is 2.31. The summed E-state index contributed by atoms with van der Waals surface area (Å²) in [6.45, 7) is -0.0404. The van der Waals surface area contributed by atoms with Gasteiger partial charge in [0.05, 0.1) is 17.5 Å². The molecular weight excluding hydrogens is 367 g/mol. The van der Waals surface area contributed by atoms with Crippen LogP contribution in [-0.2, 0) is 16.6 Å². The van der Waals surface area contributed by atoms with E-state index < -0.39 is 21.7 Å². The van der Waals surface area contributed by atoms with E-state index in [4.69, 9.17) is 11.6 Å². The predicted octanol–water partition coefficient (Wildman–Crippen LogP) is 3.15. The van der Waals surface area contributed by atoms with Gasteiger partial charge in [-0.1, -0.05) is 29.8 Å². The number of carbonyl (C=O) groups excluding carboxylic acids is 1. The van der Waals surface area contributed by atoms with Crippen LogP contribution in [-0.4, -0.2) is 39.6 Å². The van der Waals surface area contributed by atoms with Gasteiger partial charge >= 0.3 is 0 Å². The summed E-state index contributed by atoms with van der Waals surface area (Å²) in [7, 11) is -0.656. The summed E-state index contributed by atoms with van der Waals surface area (Å²) in [4.78, 5) is 14.1. The lowest BCUT2D eigenvalue weighted by atomic mass is 10.1. The van der Waals surface area contributed by atoms with Crippen molar-refractivity contribution >= 4 is 33.2 Å². The Morgan fingerprint density at radius 1 is 1.12 bits per heavy atom. The van der Waals surface area contributed by atoms with E-state index in [2.05, 4.69) is 0 Å². The second-order valence-electron chi connectivity index (χ2n) is 5.61. The van der Waals surface area contributed by atoms with Crippen molar-refractivity contribution < 1.29 is 17.6 Å². The van der Waals surface area contributed by atoms with Gasteiger partial charge in [-0.25, -0.2) is 12.8 Å². The topological polar surface area (TPSA) is 57.7 Å². The van der Waals surface area contributed by atoms with Crippen molar-refractivity contribution in [1.29, 1.82) is 0 Å². The summed E-state index contributed by atoms with van der Waals surface area (Å²) >= 11 is 6.00. The van der Waals surface area contributed by atoms with Crippen LogP contribution in [0.15, 0.2) is 42.5 Å². The van der Waals surface area contributed by atoms with Crippen LogP contribution >= 0.6 is 11.6 Å². The minimum atomic E-state index is -3.53. The third kappa shape index (κ3) is 4.29. The van der Waals surface area contributed by atoms with Crippen molar-refractivity contribution in [2.45, 2.75) is 6.54 Å². The number of carbonyl (C=O) groups is 1. The van der Waals surface area contributed by atoms with Crippen LogP contribution in [0.5, 0.6) is 0 Å². The number of hydrogen-bond acceptors (Lipinski definition) is 3. The van der Waals surface area contributed by atoms with Crippen LogP contribution in [0.2, 0.25) is 5.02 Å². The van der Waals surface area contributed by atoms with E-state index in [1.807, 2.05) is 0 Å². The summed E-state index contributed by atoms with van der Waals surface area (Å²) in [5.74, 6) is -0.945. The first-order valence-electron chi connectivity index (χ1n) is 7.34. The zero-order valence-electron chi connectivity index (χ0n) is 14.0. The Labute approximate surface area is 151 Å². The number of rotatable bonds is 5. The molecule has 2 aromatic rings. The van der Waals surface area contributed by atoms with Gasteiger partial charge in [-0.3, -0.25) is 9.10 Å². The van der Waals surface area contributed by atoms with E-state index in [9.17, 15) is 17.6 Å². The Bertz CT molecular complexity index is 882. The van der Waals surface area contributed by atoms with Crippen LogP contribution in [0.4, 0.5) is 10.1 Å². The number of sulfonamides is 1. The first-order chi connectivity index (χ1) is 11.6. The Morgan fingerprint density at radius 2 is 1.76 bits per heavy atom. The number of amides is 1. The minimum absolute atomic E-state index is 0.0404. The fourth-order valence-corrected chi connectivity index (χ4v) is 3.04. The largest absolute Gasteiger partial charge is 0.337 e. The molecule has 0 aromatic heterocycles. The van der Waals surface area contributed by atoms with Gasteiger partial charge in [0, 0.05) is 31.2 Å². The predicted molar refractivity (Wildman–Crippen MR) is 96.9 cm³/mol. The van der Waals surface area contributed by atoms with Crippen LogP contribution in [0.1, 0.15) is 15.9 Å². The van der Waals surface area contributed by atoms with Crippen LogP contribution < -0.4 is 4.31 Å². The molecule has 0 saturated heterocycles. The second-order valence-corrected chi connectivity index (χ2v) is 8.03. The van der Waals surface area contributed by atoms with Crippen LogP contribution in [0.25, 0.3) is 0 Å². The Kier molecular flexibility index (Phi) is 5.69. The fraction of sp³-hybridized carbons (Fsp3) is 0.235. The van der Waals surface area contributed by atoms with E-state index in [0.717, 1.165) is 10.6 Å². The maximum Gasteiger partial charge on any atom is 0.256 e. The van der Waals surface area contributed by atoms with Gasteiger partial charge in [0.15, 0.2) is 0 Å². The molecular formula is C17H18ClFN2O3S. The van der Waals surface area contributed by atoms with Gasteiger partial charge in [0.2, 0.25) is 10.0 Å². The Morgan fingerprint density at radius 3 is 2.36 bits per heavy atom. The number of nitrogens with zero attached hydrogens (tertiary/aromatic N) is 2. The maximum atomic E-state index is 13.9. The lowest BCUT2D eigenvalue weighted by molar-refractivity contribution is 0.0784. The summed E-state index contributed by atoms with van der Waals surface area (Å²) in [6.07, 6.45) is 1.05. The highest BCUT2D eigenvalue weighted by Gasteiger charge is 2.22. The Balaban J connectivity index is 2.35. The van der Waals surface area contributed by atoms with Crippen LogP contribution in [0.3, 0.4) is 0 Å². The van der Waals surface area contributed by atoms with Gasteiger partial charge in [0.25, 0.3) is 5.91 Å². The van der Waals surface area contributed by atoms with E-state index >= 15 is 0 Å². The highest BCUT2D eigenvalue weighted by atomic mass is 35.5. The van der Waals surface area contributed by atoms with Gasteiger partial charge in [-0.2, -0.15) is 0 Å². The first-order valence-corrected chi connectivity index (χ1v) is 9.57. The molecule has 0 atom stereocenters. The lowest BCUT2D eigenvalue weighted by Crippen LogP contribution is -2.31. The maximum absolute atomic E-state index is 13.9. The zero-order chi connectivity index (χ0) is 18.8. The third-order valence-electron chi connectivity index (χ3n) is 3.77. The molecule has 5 nitrogen and oxygen atoms in total. The van der Waals surface area contributed by atoms with Gasteiger partial charge in [-0.05, 0) is 24.3 Å². The molecule has 0 unspecified atom stereocenters. The van der Waals surface area contributed by atoms with Crippen LogP contribution in [0, 0.1) is 5.82 Å². The van der Waals surface area contributed by atoms with Gasteiger partial charge in [-0.15, -0.1) is 0 Å². The molecule has 0 fully saturated rings. The molecule has 8 heteroatoms. The SMILES string of the molecule is CN(Cc1c(F)cccc1Cl)C(=O)c1ccccc1N(C)S(C)(=O)=O. The van der Waals surface area contributed by atoms with E-state index in [1.165, 1.54) is 43.3 Å². The molecule has 0 heterocycles. The Hall–Kier alpha value is -2.12. The average Bonchev–Trinajstić information content (AvgIpc) is 2.56. The van der Waals surface area contributed by atoms with Crippen molar-refractivity contribution in [1.82, 2.24) is 4.90 Å². The van der Waals surface area contributed by atoms with E-state index in [-0.39, 0.29) is 28.4 Å². The summed E-state index contributed by atoms with van der Waals surface area (Å²) in [6, 6.07) is 10.6. The highest BCUT2D eigenvalue weighted by molar-refractivity contribution is 7.92. The minimum Gasteiger partial charge on any atom is -0.337 e. The summed E-state index contributed by atoms with van der Waals surface area (Å²) in [5, 5.41) is 0.223. The molecule has 0 saturated carbocycles. The molecule has 0 bridgehead atoms. The number of halogens is 2. The number of benzene rings is 2. The molecule has 134 valence electrons. The number of anilines is 1. The lowest BCUT2D eigenvalue weighted by Gasteiger charge is -2.23. The number of para-hydroxylation sites is 1. The molecule has 0 radical (unpaired) electrons. The zero-order valence-corrected chi connectivity index (χ0v) is 15.6. The average molecular weight is 385 g/mol. The van der Waals surface area contributed by atoms with E-state index in [0.29, 0.717) is 0 Å². The molecule has 0 aliphatic heterocycles. The van der Waals surface area contributed by atoms with Gasteiger partial charge in [0.1, 0.15) is 5.82 Å². The summed E-state index contributed by atoms with van der Waals surface area (Å²) in [5.41, 5.74) is 0.654. The van der Waals surface area contributed by atoms with E-state index in [1.54, 1.807) is 18.2 Å². The van der Waals surface area contributed by atoms with Gasteiger partial charge < -0.3 is 4.90 Å². The van der Waals surface area contributed by atoms with Crippen molar-refractivity contribution in [2.24, 2.45) is 0 Å². The molecule has 0 N–H and O–H groups in total. The molecule has 0 aliphatic carbocycles. The van der Waals surface area contributed by atoms with Crippen molar-refractivity contribution in [3.8, 4) is 0 Å². The molecule has 2 aromatic carbocycles. The summed E-state index contributed by atoms with van der Waals surface area (Å²) < 4.78 is 38.5. The van der Waals surface area contributed by atoms with Crippen molar-refractivity contribution in [2.75, 3.05) is 24.7 Å². The van der Waals surface area contributed by atoms with Crippen molar-refractivity contribution in [3.63, 3.8) is 0 Å². The number of hydrogen-bond donors (Lipinski definition) is 0. The second kappa shape index (κ2) is 7.41. The van der Waals surface area contributed by atoms with Crippen molar-refractivity contribution in [3.05, 3.63) is 64.4 Å². The smallest absolute Gasteiger partial charge is 0.256 e. The monoisotopic (exact) mass is 384 g/mol. The normalized spacial score (nSPS) is 11.2. The highest BCUT2D eigenvalue weighted by Crippen LogP contribution is 2.25. The molecule has 2 rings (SSSR count). The molecule has 0 spiro atoms. The first kappa shape index (κ1) is 19.2.